The van der Waals surface area contributed by atoms with Gasteiger partial charge in [0.25, 0.3) is 5.91 Å². The van der Waals surface area contributed by atoms with E-state index in [0.717, 1.165) is 32.2 Å². The Kier molecular flexibility index (Phi) is 7.22. The molecule has 4 rings (SSSR count). The lowest BCUT2D eigenvalue weighted by atomic mass is 10.0. The van der Waals surface area contributed by atoms with Gasteiger partial charge in [0.05, 0.1) is 38.9 Å². The van der Waals surface area contributed by atoms with E-state index in [1.54, 1.807) is 17.1 Å². The number of carboxylic acid groups (broad SMARTS) is 1. The van der Waals surface area contributed by atoms with E-state index in [-0.39, 0.29) is 5.91 Å². The van der Waals surface area contributed by atoms with Crippen molar-refractivity contribution in [3.05, 3.63) is 18.2 Å². The number of ether oxygens (including phenoxy) is 2. The van der Waals surface area contributed by atoms with Crippen LogP contribution in [0.4, 0.5) is 13.2 Å². The molecule has 1 aromatic rings. The highest BCUT2D eigenvalue weighted by molar-refractivity contribution is 5.92. The first kappa shape index (κ1) is 23.5. The third kappa shape index (κ3) is 6.40. The molecule has 1 saturated carbocycles. The Labute approximate surface area is 177 Å². The molecule has 9 nitrogen and oxygen atoms in total. The predicted molar refractivity (Wildman–Crippen MR) is 101 cm³/mol. The molecular formula is C19H27F3N4O5. The number of carbonyl (C=O) groups excluding carboxylic acids is 1. The van der Waals surface area contributed by atoms with Gasteiger partial charge in [0.15, 0.2) is 0 Å². The molecule has 0 bridgehead atoms. The number of amides is 1. The number of morpholine rings is 1. The van der Waals surface area contributed by atoms with Crippen LogP contribution in [-0.4, -0.2) is 101 Å². The van der Waals surface area contributed by atoms with Gasteiger partial charge in [-0.25, -0.2) is 9.78 Å². The number of carboxylic acids is 1. The zero-order chi connectivity index (χ0) is 22.6. The van der Waals surface area contributed by atoms with Crippen molar-refractivity contribution in [1.82, 2.24) is 19.4 Å². The van der Waals surface area contributed by atoms with E-state index in [4.69, 9.17) is 19.4 Å². The normalized spacial score (nSPS) is 25.0. The van der Waals surface area contributed by atoms with Crippen LogP contribution in [0.1, 0.15) is 23.3 Å². The van der Waals surface area contributed by atoms with Crippen LogP contribution in [0.5, 0.6) is 0 Å². The van der Waals surface area contributed by atoms with E-state index in [1.807, 2.05) is 11.9 Å². The summed E-state index contributed by atoms with van der Waals surface area (Å²) in [6.45, 7) is 5.99. The standard InChI is InChI=1S/C17H26N4O3.C2HF3O2/c1-19-13-18-8-15(19)16(22)21-5-7-24-17(11-21)10-20(4-6-23-12-17)9-14-2-3-14;3-2(4,5)1(6)7/h8,13-14H,2-7,9-12H2,1H3;(H,6,7). The van der Waals surface area contributed by atoms with Gasteiger partial charge in [0.1, 0.15) is 11.3 Å². The van der Waals surface area contributed by atoms with Crippen LogP contribution in [0.15, 0.2) is 12.5 Å². The van der Waals surface area contributed by atoms with E-state index in [9.17, 15) is 18.0 Å². The average molecular weight is 448 g/mol. The maximum Gasteiger partial charge on any atom is 0.490 e. The average Bonchev–Trinajstić information content (AvgIpc) is 3.45. The van der Waals surface area contributed by atoms with Crippen molar-refractivity contribution in [3.63, 3.8) is 0 Å². The second-order valence-electron chi connectivity index (χ2n) is 8.18. The largest absolute Gasteiger partial charge is 0.490 e. The van der Waals surface area contributed by atoms with Crippen LogP contribution in [0.2, 0.25) is 0 Å². The van der Waals surface area contributed by atoms with E-state index in [1.165, 1.54) is 12.8 Å². The second kappa shape index (κ2) is 9.53. The van der Waals surface area contributed by atoms with Gasteiger partial charge in [-0.1, -0.05) is 0 Å². The fourth-order valence-corrected chi connectivity index (χ4v) is 3.73. The molecule has 3 fully saturated rings. The Hall–Kier alpha value is -2.18. The maximum atomic E-state index is 12.8. The van der Waals surface area contributed by atoms with Gasteiger partial charge in [0, 0.05) is 33.2 Å². The van der Waals surface area contributed by atoms with Crippen molar-refractivity contribution in [1.29, 1.82) is 0 Å². The highest BCUT2D eigenvalue weighted by atomic mass is 19.4. The highest BCUT2D eigenvalue weighted by Gasteiger charge is 2.43. The Morgan fingerprint density at radius 2 is 1.97 bits per heavy atom. The van der Waals surface area contributed by atoms with E-state index in [0.29, 0.717) is 32.0 Å². The van der Waals surface area contributed by atoms with Crippen molar-refractivity contribution in [3.8, 4) is 0 Å². The number of carbonyl (C=O) groups is 2. The number of nitrogens with zero attached hydrogens (tertiary/aromatic N) is 4. The monoisotopic (exact) mass is 448 g/mol. The molecule has 174 valence electrons. The van der Waals surface area contributed by atoms with E-state index in [2.05, 4.69) is 9.88 Å². The SMILES string of the molecule is Cn1cncc1C(=O)N1CCOC2(COCCN(CC3CC3)C2)C1.O=C(O)C(F)(F)F. The van der Waals surface area contributed by atoms with Crippen LogP contribution in [0.3, 0.4) is 0 Å². The zero-order valence-corrected chi connectivity index (χ0v) is 17.3. The van der Waals surface area contributed by atoms with Crippen LogP contribution in [0.25, 0.3) is 0 Å². The fraction of sp³-hybridized carbons (Fsp3) is 0.737. The molecule has 1 atom stereocenters. The molecule has 0 aromatic carbocycles. The molecule has 1 aliphatic carbocycles. The number of alkyl halides is 3. The Bertz CT molecular complexity index is 783. The summed E-state index contributed by atoms with van der Waals surface area (Å²) in [4.78, 5) is 30.1. The molecule has 1 spiro atoms. The minimum atomic E-state index is -5.08. The van der Waals surface area contributed by atoms with Crippen molar-refractivity contribution in [2.45, 2.75) is 24.6 Å². The summed E-state index contributed by atoms with van der Waals surface area (Å²) in [6.07, 6.45) is 0.898. The molecule has 31 heavy (non-hydrogen) atoms. The van der Waals surface area contributed by atoms with Crippen molar-refractivity contribution in [2.24, 2.45) is 13.0 Å². The van der Waals surface area contributed by atoms with Gasteiger partial charge >= 0.3 is 12.1 Å². The van der Waals surface area contributed by atoms with Gasteiger partial charge in [-0.15, -0.1) is 0 Å². The molecule has 1 unspecified atom stereocenters. The van der Waals surface area contributed by atoms with Gasteiger partial charge in [0.2, 0.25) is 0 Å². The van der Waals surface area contributed by atoms with Gasteiger partial charge < -0.3 is 24.0 Å². The lowest BCUT2D eigenvalue weighted by Crippen LogP contribution is -2.60. The minimum Gasteiger partial charge on any atom is -0.475 e. The number of hydrogen-bond acceptors (Lipinski definition) is 6. The van der Waals surface area contributed by atoms with Gasteiger partial charge in [-0.2, -0.15) is 13.2 Å². The molecule has 1 N–H and O–H groups in total. The molecule has 2 saturated heterocycles. The number of aliphatic carboxylic acids is 1. The summed E-state index contributed by atoms with van der Waals surface area (Å²) < 4.78 is 45.5. The third-order valence-corrected chi connectivity index (χ3v) is 5.46. The summed E-state index contributed by atoms with van der Waals surface area (Å²) >= 11 is 0. The number of hydrogen-bond donors (Lipinski definition) is 1. The van der Waals surface area contributed by atoms with Crippen molar-refractivity contribution >= 4 is 11.9 Å². The number of imidazole rings is 1. The minimum absolute atomic E-state index is 0.0238. The smallest absolute Gasteiger partial charge is 0.475 e. The Balaban J connectivity index is 0.000000339. The van der Waals surface area contributed by atoms with Gasteiger partial charge in [-0.05, 0) is 18.8 Å². The first-order chi connectivity index (χ1) is 14.6. The summed E-state index contributed by atoms with van der Waals surface area (Å²) in [5, 5.41) is 7.12. The molecule has 3 heterocycles. The molecule has 12 heteroatoms. The molecule has 1 aromatic heterocycles. The summed E-state index contributed by atoms with van der Waals surface area (Å²) in [5.74, 6) is -1.89. The van der Waals surface area contributed by atoms with Crippen molar-refractivity contribution < 1.29 is 37.3 Å². The first-order valence-corrected chi connectivity index (χ1v) is 10.1. The predicted octanol–water partition coefficient (Wildman–Crippen LogP) is 1.01. The molecular weight excluding hydrogens is 421 g/mol. The van der Waals surface area contributed by atoms with Crippen LogP contribution in [-0.2, 0) is 21.3 Å². The summed E-state index contributed by atoms with van der Waals surface area (Å²) in [7, 11) is 1.85. The van der Waals surface area contributed by atoms with Gasteiger partial charge in [-0.3, -0.25) is 9.69 Å². The summed E-state index contributed by atoms with van der Waals surface area (Å²) in [6, 6.07) is 0. The van der Waals surface area contributed by atoms with E-state index >= 15 is 0 Å². The molecule has 1 amide bonds. The molecule has 2 aliphatic heterocycles. The maximum absolute atomic E-state index is 12.8. The number of aromatic nitrogens is 2. The number of aryl methyl sites for hydroxylation is 1. The Morgan fingerprint density at radius 3 is 2.55 bits per heavy atom. The molecule has 3 aliphatic rings. The quantitative estimate of drug-likeness (QED) is 0.737. The zero-order valence-electron chi connectivity index (χ0n) is 17.3. The van der Waals surface area contributed by atoms with Crippen molar-refractivity contribution in [2.75, 3.05) is 52.5 Å². The Morgan fingerprint density at radius 1 is 1.26 bits per heavy atom. The first-order valence-electron chi connectivity index (χ1n) is 10.1. The van der Waals surface area contributed by atoms with E-state index < -0.39 is 17.7 Å². The molecule has 0 radical (unpaired) electrons. The number of rotatable bonds is 3. The van der Waals surface area contributed by atoms with Crippen LogP contribution in [0, 0.1) is 5.92 Å². The highest BCUT2D eigenvalue weighted by Crippen LogP contribution is 2.31. The lowest BCUT2D eigenvalue weighted by molar-refractivity contribution is -0.192. The second-order valence-corrected chi connectivity index (χ2v) is 8.18. The number of halogens is 3. The topological polar surface area (TPSA) is 97.1 Å². The van der Waals surface area contributed by atoms with Crippen LogP contribution >= 0.6 is 0 Å². The van der Waals surface area contributed by atoms with Crippen LogP contribution < -0.4 is 0 Å². The third-order valence-electron chi connectivity index (χ3n) is 5.46. The lowest BCUT2D eigenvalue weighted by Gasteiger charge is -2.43. The fourth-order valence-electron chi connectivity index (χ4n) is 3.73. The summed E-state index contributed by atoms with van der Waals surface area (Å²) in [5.41, 5.74) is 0.217.